The van der Waals surface area contributed by atoms with E-state index >= 15 is 0 Å². The molecule has 10 heteroatoms. The van der Waals surface area contributed by atoms with Gasteiger partial charge in [-0.1, -0.05) is 91.7 Å². The molecule has 55 heavy (non-hydrogen) atoms. The van der Waals surface area contributed by atoms with E-state index in [1.807, 2.05) is 48.5 Å². The maximum absolute atomic E-state index is 12.6. The fourth-order valence-electron chi connectivity index (χ4n) is 7.54. The number of nitrogens with two attached hydrogens (primary N) is 1. The molecule has 2 amide bonds. The highest BCUT2D eigenvalue weighted by molar-refractivity contribution is 5.93. The number of unbranched alkanes of at least 4 members (excludes halogenated alkanes) is 3. The molecule has 2 fully saturated rings. The molecule has 2 aliphatic heterocycles. The van der Waals surface area contributed by atoms with Crippen LogP contribution in [0.25, 0.3) is 11.1 Å². The van der Waals surface area contributed by atoms with Gasteiger partial charge in [-0.25, -0.2) is 0 Å². The van der Waals surface area contributed by atoms with E-state index in [-0.39, 0.29) is 30.6 Å². The third kappa shape index (κ3) is 11.7. The second-order valence-corrected chi connectivity index (χ2v) is 14.7. The Kier molecular flexibility index (Phi) is 14.8. The molecule has 4 atom stereocenters. The highest BCUT2D eigenvalue weighted by atomic mass is 16.7. The molecule has 0 aromatic heterocycles. The Morgan fingerprint density at radius 3 is 2.33 bits per heavy atom. The third-order valence-electron chi connectivity index (χ3n) is 10.6. The molecule has 2 aliphatic rings. The monoisotopic (exact) mass is 748 g/mol. The van der Waals surface area contributed by atoms with E-state index in [1.54, 1.807) is 19.2 Å². The minimum atomic E-state index is -0.514. The maximum atomic E-state index is 12.6. The number of amides is 2. The average molecular weight is 749 g/mol. The molecule has 0 radical (unpaired) electrons. The van der Waals surface area contributed by atoms with Gasteiger partial charge in [-0.3, -0.25) is 14.5 Å². The summed E-state index contributed by atoms with van der Waals surface area (Å²) in [5.74, 6) is -0.0187. The zero-order valence-electron chi connectivity index (χ0n) is 32.0. The van der Waals surface area contributed by atoms with Crippen LogP contribution in [0.4, 0.5) is 11.4 Å². The van der Waals surface area contributed by atoms with E-state index < -0.39 is 6.29 Å². The number of methoxy groups -OCH3 is 1. The van der Waals surface area contributed by atoms with Crippen molar-refractivity contribution in [2.24, 2.45) is 0 Å². The van der Waals surface area contributed by atoms with Crippen LogP contribution in [-0.2, 0) is 37.0 Å². The highest BCUT2D eigenvalue weighted by Crippen LogP contribution is 2.39. The van der Waals surface area contributed by atoms with E-state index in [0.717, 1.165) is 91.6 Å². The Balaban J connectivity index is 0.984. The zero-order valence-corrected chi connectivity index (χ0v) is 32.0. The summed E-state index contributed by atoms with van der Waals surface area (Å²) < 4.78 is 18.8. The summed E-state index contributed by atoms with van der Waals surface area (Å²) in [6.07, 6.45) is 6.61. The van der Waals surface area contributed by atoms with Crippen molar-refractivity contribution >= 4 is 23.2 Å². The summed E-state index contributed by atoms with van der Waals surface area (Å²) in [6, 6.07) is 32.3. The Labute approximate surface area is 325 Å². The largest absolute Gasteiger partial charge is 0.397 e. The second-order valence-electron chi connectivity index (χ2n) is 14.7. The van der Waals surface area contributed by atoms with E-state index in [9.17, 15) is 14.7 Å². The van der Waals surface area contributed by atoms with Crippen LogP contribution in [0.15, 0.2) is 97.1 Å². The topological polar surface area (TPSA) is 135 Å². The quantitative estimate of drug-likeness (QED) is 0.0602. The normalized spacial score (nSPS) is 20.0. The fourth-order valence-corrected chi connectivity index (χ4v) is 7.54. The first kappa shape index (κ1) is 40.1. The first-order valence-corrected chi connectivity index (χ1v) is 19.7. The molecule has 292 valence electrons. The van der Waals surface area contributed by atoms with Gasteiger partial charge in [-0.05, 0) is 78.2 Å². The van der Waals surface area contributed by atoms with Gasteiger partial charge < -0.3 is 35.7 Å². The molecular formula is C45H56N4O6. The lowest BCUT2D eigenvalue weighted by Crippen LogP contribution is -2.42. The van der Waals surface area contributed by atoms with Crippen LogP contribution in [0.5, 0.6) is 0 Å². The minimum Gasteiger partial charge on any atom is -0.397 e. The van der Waals surface area contributed by atoms with Gasteiger partial charge in [0, 0.05) is 51.1 Å². The standard InChI is InChI=1S/C45H56N4O6/c1-53-31-38-12-9-25-49(38)29-39-27-42(35-19-17-32(30-50)18-20-35)55-45(54-39)36-23-21-34(22-24-36)37-11-8-10-33(26-37)28-47-43(51)15-4-2-3-5-16-44(52)48-41-14-7-6-13-40(41)46/h6-8,10-11,13-14,17-24,26,38-39,42,45,50H,2-5,9,12,15-16,25,27-31,46H2,1H3,(H,47,51)(H,48,52)/t38-,39+,42-,45-/m0/s1. The van der Waals surface area contributed by atoms with Crippen LogP contribution >= 0.6 is 0 Å². The van der Waals surface area contributed by atoms with E-state index in [2.05, 4.69) is 51.9 Å². The number of ether oxygens (including phenoxy) is 3. The highest BCUT2D eigenvalue weighted by Gasteiger charge is 2.35. The molecular weight excluding hydrogens is 693 g/mol. The number of rotatable bonds is 18. The van der Waals surface area contributed by atoms with Gasteiger partial charge in [0.15, 0.2) is 6.29 Å². The van der Waals surface area contributed by atoms with Gasteiger partial charge >= 0.3 is 0 Å². The predicted octanol–water partition coefficient (Wildman–Crippen LogP) is 7.68. The average Bonchev–Trinajstić information content (AvgIpc) is 3.65. The molecule has 0 saturated carbocycles. The number of aliphatic hydroxyl groups excluding tert-OH is 1. The lowest BCUT2D eigenvalue weighted by Gasteiger charge is -2.38. The summed E-state index contributed by atoms with van der Waals surface area (Å²) in [5.41, 5.74) is 13.2. The van der Waals surface area contributed by atoms with Crippen LogP contribution < -0.4 is 16.4 Å². The SMILES string of the molecule is COC[C@@H]1CCCN1C[C@H]1C[C@@H](c2ccc(CO)cc2)O[C@@H](c2ccc(-c3cccc(CNC(=O)CCCCCCC(=O)Nc4ccccc4N)c3)cc2)O1. The van der Waals surface area contributed by atoms with Crippen LogP contribution in [0.3, 0.4) is 0 Å². The van der Waals surface area contributed by atoms with Gasteiger partial charge in [0.05, 0.1) is 36.8 Å². The van der Waals surface area contributed by atoms with Crippen molar-refractivity contribution in [3.05, 3.63) is 119 Å². The predicted molar refractivity (Wildman–Crippen MR) is 216 cm³/mol. The molecule has 0 spiro atoms. The fraction of sp³-hybridized carbons (Fsp3) is 0.422. The molecule has 6 rings (SSSR count). The molecule has 0 aliphatic carbocycles. The van der Waals surface area contributed by atoms with Gasteiger partial charge in [0.25, 0.3) is 0 Å². The zero-order chi connectivity index (χ0) is 38.4. The number of nitrogen functional groups attached to an aromatic ring is 1. The van der Waals surface area contributed by atoms with E-state index in [4.69, 9.17) is 19.9 Å². The molecule has 10 nitrogen and oxygen atoms in total. The number of carbonyl (C=O) groups is 2. The summed E-state index contributed by atoms with van der Waals surface area (Å²) in [5, 5.41) is 15.5. The van der Waals surface area contributed by atoms with Crippen LogP contribution in [0, 0.1) is 0 Å². The van der Waals surface area contributed by atoms with Crippen molar-refractivity contribution in [3.8, 4) is 11.1 Å². The molecule has 2 heterocycles. The number of aliphatic hydroxyl groups is 1. The summed E-state index contributed by atoms with van der Waals surface area (Å²) >= 11 is 0. The Morgan fingerprint density at radius 2 is 1.58 bits per heavy atom. The first-order chi connectivity index (χ1) is 26.9. The third-order valence-corrected chi connectivity index (χ3v) is 10.6. The Morgan fingerprint density at radius 1 is 0.836 bits per heavy atom. The van der Waals surface area contributed by atoms with Crippen molar-refractivity contribution in [2.45, 2.75) is 95.5 Å². The number of nitrogens with zero attached hydrogens (tertiary/aromatic N) is 1. The minimum absolute atomic E-state index is 0.00985. The summed E-state index contributed by atoms with van der Waals surface area (Å²) in [4.78, 5) is 27.3. The van der Waals surface area contributed by atoms with Gasteiger partial charge in [-0.2, -0.15) is 0 Å². The van der Waals surface area contributed by atoms with Gasteiger partial charge in [0.1, 0.15) is 0 Å². The molecule has 4 aromatic rings. The van der Waals surface area contributed by atoms with Gasteiger partial charge in [0.2, 0.25) is 11.8 Å². The van der Waals surface area contributed by atoms with Crippen molar-refractivity contribution in [3.63, 3.8) is 0 Å². The number of benzene rings is 4. The van der Waals surface area contributed by atoms with Crippen LogP contribution in [-0.4, -0.2) is 60.8 Å². The summed E-state index contributed by atoms with van der Waals surface area (Å²) in [6.45, 7) is 3.07. The van der Waals surface area contributed by atoms with E-state index in [0.29, 0.717) is 36.8 Å². The van der Waals surface area contributed by atoms with Crippen LogP contribution in [0.2, 0.25) is 0 Å². The number of carbonyl (C=O) groups excluding carboxylic acids is 2. The van der Waals surface area contributed by atoms with E-state index in [1.165, 1.54) is 6.42 Å². The number of nitrogens with one attached hydrogen (secondary N) is 2. The molecule has 0 bridgehead atoms. The maximum Gasteiger partial charge on any atom is 0.224 e. The van der Waals surface area contributed by atoms with Gasteiger partial charge in [-0.15, -0.1) is 0 Å². The second kappa shape index (κ2) is 20.4. The Bertz CT molecular complexity index is 1820. The first-order valence-electron chi connectivity index (χ1n) is 19.7. The van der Waals surface area contributed by atoms with Crippen molar-refractivity contribution < 1.29 is 28.9 Å². The molecule has 4 aromatic carbocycles. The number of likely N-dealkylation sites (tertiary alicyclic amines) is 1. The molecule has 5 N–H and O–H groups in total. The summed E-state index contributed by atoms with van der Waals surface area (Å²) in [7, 11) is 1.77. The van der Waals surface area contributed by atoms with Crippen molar-refractivity contribution in [2.75, 3.05) is 37.9 Å². The van der Waals surface area contributed by atoms with Crippen LogP contribution in [0.1, 0.15) is 92.4 Å². The number of hydrogen-bond donors (Lipinski definition) is 4. The Hall–Kier alpha value is -4.58. The lowest BCUT2D eigenvalue weighted by atomic mass is 9.98. The smallest absolute Gasteiger partial charge is 0.224 e. The number of anilines is 2. The molecule has 2 saturated heterocycles. The molecule has 0 unspecified atom stereocenters. The number of para-hydroxylation sites is 2. The lowest BCUT2D eigenvalue weighted by molar-refractivity contribution is -0.253. The number of hydrogen-bond acceptors (Lipinski definition) is 8. The van der Waals surface area contributed by atoms with Crippen molar-refractivity contribution in [1.29, 1.82) is 0 Å². The van der Waals surface area contributed by atoms with Crippen molar-refractivity contribution in [1.82, 2.24) is 10.2 Å².